The number of hydrogen-bond acceptors (Lipinski definition) is 10. The molecule has 0 atom stereocenters. The van der Waals surface area contributed by atoms with Crippen molar-refractivity contribution in [2.45, 2.75) is 4.90 Å². The number of aromatic nitrogens is 3. The second-order valence-electron chi connectivity index (χ2n) is 6.87. The third kappa shape index (κ3) is 4.28. The van der Waals surface area contributed by atoms with Gasteiger partial charge in [-0.2, -0.15) is 10.4 Å². The molecular weight excluding hydrogens is 462 g/mol. The summed E-state index contributed by atoms with van der Waals surface area (Å²) in [5.41, 5.74) is 6.08. The lowest BCUT2D eigenvalue weighted by Gasteiger charge is -2.12. The molecule has 0 fully saturated rings. The average Bonchev–Trinajstić information content (AvgIpc) is 3.12. The van der Waals surface area contributed by atoms with Crippen LogP contribution in [0.2, 0.25) is 0 Å². The minimum absolute atomic E-state index is 0.0108. The number of nitrogens with two attached hydrogens (primary N) is 2. The van der Waals surface area contributed by atoms with Crippen molar-refractivity contribution < 1.29 is 13.2 Å². The largest absolute Gasteiger partial charge is 0.497 e. The van der Waals surface area contributed by atoms with Crippen LogP contribution in [0, 0.1) is 11.3 Å². The first-order chi connectivity index (χ1) is 16.2. The minimum atomic E-state index is -3.85. The molecule has 0 unspecified atom stereocenters. The standard InChI is InChI=1S/C20H17N9O4S/c1-33-13-6-2-11(3-7-13)24-18-15(10-21)17(22)25-19-16(20(30)28-29(18)19)27-26-12-4-8-14(9-5-12)34(23,31)32/h2-9,24H,1H3,(H2,22,25)(H,28,30)(H2,23,31,32). The van der Waals surface area contributed by atoms with Crippen molar-refractivity contribution in [2.75, 3.05) is 18.2 Å². The van der Waals surface area contributed by atoms with Gasteiger partial charge in [-0.3, -0.25) is 9.89 Å². The molecule has 0 radical (unpaired) electrons. The lowest BCUT2D eigenvalue weighted by Crippen LogP contribution is -2.11. The Balaban J connectivity index is 1.77. The van der Waals surface area contributed by atoms with E-state index in [4.69, 9.17) is 15.6 Å². The second kappa shape index (κ2) is 8.65. The Hall–Kier alpha value is -4.74. The molecule has 0 aliphatic heterocycles. The zero-order valence-electron chi connectivity index (χ0n) is 17.6. The van der Waals surface area contributed by atoms with Crippen LogP contribution in [0.5, 0.6) is 5.75 Å². The summed E-state index contributed by atoms with van der Waals surface area (Å²) >= 11 is 0. The molecule has 0 spiro atoms. The number of nitrogen functional groups attached to an aromatic ring is 1. The van der Waals surface area contributed by atoms with E-state index in [-0.39, 0.29) is 39.1 Å². The van der Waals surface area contributed by atoms with Gasteiger partial charge < -0.3 is 15.8 Å². The van der Waals surface area contributed by atoms with Crippen LogP contribution in [0.3, 0.4) is 0 Å². The van der Waals surface area contributed by atoms with Crippen LogP contribution in [-0.2, 0) is 10.0 Å². The average molecular weight is 479 g/mol. The number of benzene rings is 2. The topological polar surface area (TPSA) is 206 Å². The molecule has 14 heteroatoms. The number of fused-ring (bicyclic) bond motifs is 1. The predicted molar refractivity (Wildman–Crippen MR) is 123 cm³/mol. The van der Waals surface area contributed by atoms with Crippen LogP contribution in [-0.4, -0.2) is 30.1 Å². The number of nitrogens with zero attached hydrogens (tertiary/aromatic N) is 5. The van der Waals surface area contributed by atoms with E-state index in [0.717, 1.165) is 0 Å². The third-order valence-corrected chi connectivity index (χ3v) is 5.62. The number of aromatic amines is 1. The first-order valence-electron chi connectivity index (χ1n) is 9.51. The number of ether oxygens (including phenoxy) is 1. The summed E-state index contributed by atoms with van der Waals surface area (Å²) in [5, 5.41) is 28.2. The van der Waals surface area contributed by atoms with E-state index < -0.39 is 15.6 Å². The molecule has 2 aromatic heterocycles. The molecule has 2 heterocycles. The number of sulfonamides is 1. The highest BCUT2D eigenvalue weighted by atomic mass is 32.2. The molecule has 6 N–H and O–H groups in total. The number of nitriles is 1. The van der Waals surface area contributed by atoms with Gasteiger partial charge in [-0.25, -0.2) is 23.1 Å². The van der Waals surface area contributed by atoms with Gasteiger partial charge in [0.2, 0.25) is 10.0 Å². The maximum absolute atomic E-state index is 12.6. The van der Waals surface area contributed by atoms with Crippen molar-refractivity contribution >= 4 is 44.4 Å². The summed E-state index contributed by atoms with van der Waals surface area (Å²) in [6.45, 7) is 0. The van der Waals surface area contributed by atoms with Crippen molar-refractivity contribution in [3.05, 3.63) is 64.4 Å². The van der Waals surface area contributed by atoms with Crippen molar-refractivity contribution in [2.24, 2.45) is 15.4 Å². The Morgan fingerprint density at radius 2 is 1.82 bits per heavy atom. The van der Waals surface area contributed by atoms with E-state index in [0.29, 0.717) is 11.4 Å². The molecule has 0 bridgehead atoms. The molecule has 0 aliphatic carbocycles. The fourth-order valence-corrected chi connectivity index (χ4v) is 3.54. The Kier molecular flexibility index (Phi) is 5.72. The summed E-state index contributed by atoms with van der Waals surface area (Å²) in [4.78, 5) is 16.7. The number of methoxy groups -OCH3 is 1. The van der Waals surface area contributed by atoms with E-state index in [1.165, 1.54) is 28.8 Å². The molecule has 34 heavy (non-hydrogen) atoms. The first kappa shape index (κ1) is 22.5. The molecule has 0 saturated carbocycles. The van der Waals surface area contributed by atoms with Gasteiger partial charge in [0.15, 0.2) is 17.2 Å². The highest BCUT2D eigenvalue weighted by Crippen LogP contribution is 2.29. The van der Waals surface area contributed by atoms with Gasteiger partial charge in [-0.15, -0.1) is 5.11 Å². The quantitative estimate of drug-likeness (QED) is 0.301. The fourth-order valence-electron chi connectivity index (χ4n) is 3.02. The number of rotatable bonds is 6. The lowest BCUT2D eigenvalue weighted by molar-refractivity contribution is 0.415. The van der Waals surface area contributed by atoms with Gasteiger partial charge in [-0.05, 0) is 48.5 Å². The number of H-pyrrole nitrogens is 1. The lowest BCUT2D eigenvalue weighted by atomic mass is 10.2. The van der Waals surface area contributed by atoms with E-state index in [2.05, 4.69) is 25.6 Å². The Labute approximate surface area is 192 Å². The maximum atomic E-state index is 12.6. The smallest absolute Gasteiger partial charge is 0.294 e. The summed E-state index contributed by atoms with van der Waals surface area (Å²) in [6.07, 6.45) is 0. The van der Waals surface area contributed by atoms with E-state index in [1.54, 1.807) is 31.4 Å². The van der Waals surface area contributed by atoms with Crippen molar-refractivity contribution in [3.8, 4) is 11.8 Å². The van der Waals surface area contributed by atoms with Crippen LogP contribution in [0.15, 0.2) is 68.4 Å². The van der Waals surface area contributed by atoms with Crippen LogP contribution >= 0.6 is 0 Å². The Bertz CT molecular complexity index is 1610. The SMILES string of the molecule is COc1ccc(Nc2c(C#N)c(N)nc3c(N=Nc4ccc(S(N)(=O)=O)cc4)c(=O)[nH]n23)cc1. The Morgan fingerprint density at radius 3 is 2.41 bits per heavy atom. The highest BCUT2D eigenvalue weighted by Gasteiger charge is 2.19. The number of azo groups is 1. The van der Waals surface area contributed by atoms with E-state index in [1.807, 2.05) is 6.07 Å². The number of anilines is 3. The third-order valence-electron chi connectivity index (χ3n) is 4.69. The summed E-state index contributed by atoms with van der Waals surface area (Å²) in [6, 6.07) is 14.1. The molecule has 0 saturated heterocycles. The van der Waals surface area contributed by atoms with Gasteiger partial charge >= 0.3 is 0 Å². The summed E-state index contributed by atoms with van der Waals surface area (Å²) in [5.74, 6) is 0.692. The Morgan fingerprint density at radius 1 is 1.15 bits per heavy atom. The monoisotopic (exact) mass is 479 g/mol. The van der Waals surface area contributed by atoms with Crippen LogP contribution in [0.4, 0.5) is 28.7 Å². The number of primary sulfonamides is 1. The van der Waals surface area contributed by atoms with Crippen LogP contribution < -0.4 is 26.5 Å². The van der Waals surface area contributed by atoms with Gasteiger partial charge in [0, 0.05) is 5.69 Å². The molecule has 172 valence electrons. The zero-order valence-corrected chi connectivity index (χ0v) is 18.4. The normalized spacial score (nSPS) is 11.6. The van der Waals surface area contributed by atoms with Gasteiger partial charge in [0.1, 0.15) is 23.2 Å². The maximum Gasteiger partial charge on any atom is 0.294 e. The molecule has 0 aliphatic rings. The number of nitrogens with one attached hydrogen (secondary N) is 2. The fraction of sp³-hybridized carbons (Fsp3) is 0.0500. The molecule has 0 amide bonds. The molecule has 4 rings (SSSR count). The molecular formula is C20H17N9O4S. The highest BCUT2D eigenvalue weighted by molar-refractivity contribution is 7.89. The first-order valence-corrected chi connectivity index (χ1v) is 11.1. The van der Waals surface area contributed by atoms with Crippen molar-refractivity contribution in [1.82, 2.24) is 14.6 Å². The zero-order chi connectivity index (χ0) is 24.5. The van der Waals surface area contributed by atoms with Crippen molar-refractivity contribution in [3.63, 3.8) is 0 Å². The van der Waals surface area contributed by atoms with Gasteiger partial charge in [-0.1, -0.05) is 0 Å². The molecule has 2 aromatic carbocycles. The van der Waals surface area contributed by atoms with E-state index in [9.17, 15) is 18.5 Å². The minimum Gasteiger partial charge on any atom is -0.497 e. The van der Waals surface area contributed by atoms with Crippen molar-refractivity contribution in [1.29, 1.82) is 5.26 Å². The van der Waals surface area contributed by atoms with E-state index >= 15 is 0 Å². The number of hydrogen-bond donors (Lipinski definition) is 4. The molecule has 13 nitrogen and oxygen atoms in total. The molecule has 4 aromatic rings. The van der Waals surface area contributed by atoms with Gasteiger partial charge in [0.05, 0.1) is 17.7 Å². The van der Waals surface area contributed by atoms with Crippen LogP contribution in [0.25, 0.3) is 5.65 Å². The van der Waals surface area contributed by atoms with Crippen LogP contribution in [0.1, 0.15) is 5.56 Å². The summed E-state index contributed by atoms with van der Waals surface area (Å²) < 4.78 is 29.1. The predicted octanol–water partition coefficient (Wildman–Crippen LogP) is 2.29. The second-order valence-corrected chi connectivity index (χ2v) is 8.43. The summed E-state index contributed by atoms with van der Waals surface area (Å²) in [7, 11) is -2.31. The van der Waals surface area contributed by atoms with Gasteiger partial charge in [0.25, 0.3) is 5.56 Å².